The van der Waals surface area contributed by atoms with E-state index in [1.54, 1.807) is 24.1 Å². The number of carbonyl (C=O) groups excluding carboxylic acids is 1. The van der Waals surface area contributed by atoms with E-state index >= 15 is 0 Å². The number of rotatable bonds is 9. The lowest BCUT2D eigenvalue weighted by Crippen LogP contribution is -2.34. The van der Waals surface area contributed by atoms with E-state index < -0.39 is 4.92 Å². The minimum atomic E-state index is -0.448. The van der Waals surface area contributed by atoms with E-state index in [-0.39, 0.29) is 18.0 Å². The summed E-state index contributed by atoms with van der Waals surface area (Å²) in [7, 11) is 5.60. The third-order valence-electron chi connectivity index (χ3n) is 4.93. The Hall–Kier alpha value is -3.04. The molecule has 0 saturated carbocycles. The second-order valence-corrected chi connectivity index (χ2v) is 8.54. The maximum absolute atomic E-state index is 13.2. The van der Waals surface area contributed by atoms with Crippen LogP contribution in [0.5, 0.6) is 5.75 Å². The number of aryl methyl sites for hydroxylation is 1. The molecule has 1 aromatic heterocycles. The molecule has 0 radical (unpaired) electrons. The zero-order chi connectivity index (χ0) is 22.5. The minimum Gasteiger partial charge on any atom is -0.494 e. The summed E-state index contributed by atoms with van der Waals surface area (Å²) in [5.41, 5.74) is 2.56. The average molecular weight is 443 g/mol. The van der Waals surface area contributed by atoms with Crippen molar-refractivity contribution in [2.45, 2.75) is 19.8 Å². The van der Waals surface area contributed by atoms with Crippen LogP contribution in [0.1, 0.15) is 17.5 Å². The zero-order valence-corrected chi connectivity index (χ0v) is 18.9. The fourth-order valence-corrected chi connectivity index (χ4v) is 4.35. The number of hydrogen-bond donors (Lipinski definition) is 0. The molecule has 1 amide bonds. The largest absolute Gasteiger partial charge is 0.494 e. The summed E-state index contributed by atoms with van der Waals surface area (Å²) in [4.78, 5) is 32.2. The number of anilines is 1. The first-order valence-electron chi connectivity index (χ1n) is 9.92. The first-order chi connectivity index (χ1) is 14.8. The molecule has 1 heterocycles. The molecule has 0 bridgehead atoms. The van der Waals surface area contributed by atoms with E-state index in [1.165, 1.54) is 23.5 Å². The van der Waals surface area contributed by atoms with Gasteiger partial charge >= 0.3 is 0 Å². The van der Waals surface area contributed by atoms with Crippen molar-refractivity contribution in [2.24, 2.45) is 0 Å². The van der Waals surface area contributed by atoms with E-state index in [2.05, 4.69) is 4.90 Å². The maximum Gasteiger partial charge on any atom is 0.269 e. The predicted molar refractivity (Wildman–Crippen MR) is 123 cm³/mol. The lowest BCUT2D eigenvalue weighted by molar-refractivity contribution is -0.384. The van der Waals surface area contributed by atoms with Crippen LogP contribution in [-0.2, 0) is 11.2 Å². The standard InChI is InChI=1S/C22H26N4O4S/c1-15-6-11-18(30-4)20-21(15)31-22(23-20)25(13-5-12-24(2)3)19(27)14-16-7-9-17(10-8-16)26(28)29/h6-11H,5,12-14H2,1-4H3. The maximum atomic E-state index is 13.2. The Morgan fingerprint density at radius 2 is 1.87 bits per heavy atom. The average Bonchev–Trinajstić information content (AvgIpc) is 3.17. The van der Waals surface area contributed by atoms with E-state index in [1.807, 2.05) is 33.2 Å². The molecule has 2 aromatic carbocycles. The molecule has 0 saturated heterocycles. The summed E-state index contributed by atoms with van der Waals surface area (Å²) in [5.74, 6) is 0.586. The smallest absolute Gasteiger partial charge is 0.269 e. The van der Waals surface area contributed by atoms with Crippen molar-refractivity contribution in [3.63, 3.8) is 0 Å². The van der Waals surface area contributed by atoms with E-state index in [9.17, 15) is 14.9 Å². The van der Waals surface area contributed by atoms with E-state index in [4.69, 9.17) is 9.72 Å². The van der Waals surface area contributed by atoms with Gasteiger partial charge in [-0.3, -0.25) is 19.8 Å². The highest BCUT2D eigenvalue weighted by Gasteiger charge is 2.22. The number of benzene rings is 2. The van der Waals surface area contributed by atoms with Gasteiger partial charge < -0.3 is 9.64 Å². The lowest BCUT2D eigenvalue weighted by Gasteiger charge is -2.21. The van der Waals surface area contributed by atoms with Crippen LogP contribution >= 0.6 is 11.3 Å². The van der Waals surface area contributed by atoms with Gasteiger partial charge in [0, 0.05) is 18.7 Å². The zero-order valence-electron chi connectivity index (χ0n) is 18.1. The SMILES string of the molecule is COc1ccc(C)c2sc(N(CCCN(C)C)C(=O)Cc3ccc([N+](=O)[O-])cc3)nc12. The highest BCUT2D eigenvalue weighted by molar-refractivity contribution is 7.22. The first-order valence-corrected chi connectivity index (χ1v) is 10.7. The van der Waals surface area contributed by atoms with Crippen LogP contribution in [0, 0.1) is 17.0 Å². The number of methoxy groups -OCH3 is 1. The highest BCUT2D eigenvalue weighted by Crippen LogP contribution is 2.36. The van der Waals surface area contributed by atoms with Gasteiger partial charge in [-0.25, -0.2) is 4.98 Å². The van der Waals surface area contributed by atoms with Gasteiger partial charge in [-0.15, -0.1) is 0 Å². The van der Waals surface area contributed by atoms with Crippen LogP contribution in [0.3, 0.4) is 0 Å². The second kappa shape index (κ2) is 9.84. The van der Waals surface area contributed by atoms with Crippen molar-refractivity contribution in [2.75, 3.05) is 39.2 Å². The predicted octanol–water partition coefficient (Wildman–Crippen LogP) is 4.05. The van der Waals surface area contributed by atoms with Gasteiger partial charge in [0.25, 0.3) is 5.69 Å². The summed E-state index contributed by atoms with van der Waals surface area (Å²) in [5, 5.41) is 11.5. The van der Waals surface area contributed by atoms with Crippen LogP contribution < -0.4 is 9.64 Å². The molecule has 0 aliphatic rings. The molecular weight excluding hydrogens is 416 g/mol. The fourth-order valence-electron chi connectivity index (χ4n) is 3.26. The van der Waals surface area contributed by atoms with Crippen LogP contribution in [0.4, 0.5) is 10.8 Å². The van der Waals surface area contributed by atoms with Crippen molar-refractivity contribution in [3.8, 4) is 5.75 Å². The molecule has 3 aromatic rings. The van der Waals surface area contributed by atoms with Crippen LogP contribution in [0.2, 0.25) is 0 Å². The fraction of sp³-hybridized carbons (Fsp3) is 0.364. The van der Waals surface area contributed by atoms with Crippen molar-refractivity contribution in [1.82, 2.24) is 9.88 Å². The minimum absolute atomic E-state index is 0.00720. The van der Waals surface area contributed by atoms with Gasteiger partial charge in [-0.2, -0.15) is 0 Å². The van der Waals surface area contributed by atoms with Gasteiger partial charge in [0.15, 0.2) is 5.13 Å². The van der Waals surface area contributed by atoms with Crippen molar-refractivity contribution < 1.29 is 14.5 Å². The molecule has 0 fully saturated rings. The number of non-ortho nitro benzene ring substituents is 1. The monoisotopic (exact) mass is 442 g/mol. The molecule has 8 nitrogen and oxygen atoms in total. The summed E-state index contributed by atoms with van der Waals surface area (Å²) < 4.78 is 6.45. The lowest BCUT2D eigenvalue weighted by atomic mass is 10.1. The molecule has 164 valence electrons. The number of thiazole rings is 1. The van der Waals surface area contributed by atoms with Crippen molar-refractivity contribution >= 4 is 38.3 Å². The van der Waals surface area contributed by atoms with Gasteiger partial charge in [-0.05, 0) is 51.2 Å². The third kappa shape index (κ3) is 5.36. The molecule has 0 spiro atoms. The summed E-state index contributed by atoms with van der Waals surface area (Å²) >= 11 is 1.48. The molecule has 0 aliphatic carbocycles. The van der Waals surface area contributed by atoms with Gasteiger partial charge in [0.2, 0.25) is 5.91 Å². The summed E-state index contributed by atoms with van der Waals surface area (Å²) in [6, 6.07) is 9.96. The third-order valence-corrected chi connectivity index (χ3v) is 6.15. The van der Waals surface area contributed by atoms with Crippen LogP contribution in [-0.4, -0.2) is 55.0 Å². The number of fused-ring (bicyclic) bond motifs is 1. The van der Waals surface area contributed by atoms with Crippen molar-refractivity contribution in [3.05, 3.63) is 57.6 Å². The summed E-state index contributed by atoms with van der Waals surface area (Å²) in [6.45, 7) is 3.39. The molecule has 0 N–H and O–H groups in total. The molecule has 0 unspecified atom stereocenters. The van der Waals surface area contributed by atoms with Gasteiger partial charge in [0.05, 0.1) is 23.2 Å². The molecular formula is C22H26N4O4S. The first kappa shape index (κ1) is 22.6. The topological polar surface area (TPSA) is 88.8 Å². The van der Waals surface area contributed by atoms with E-state index in [0.717, 1.165) is 34.3 Å². The number of nitro groups is 1. The number of nitrogens with zero attached hydrogens (tertiary/aromatic N) is 4. The number of nitro benzene ring substituents is 1. The summed E-state index contributed by atoms with van der Waals surface area (Å²) in [6.07, 6.45) is 0.942. The number of ether oxygens (including phenoxy) is 1. The van der Waals surface area contributed by atoms with Crippen LogP contribution in [0.25, 0.3) is 10.2 Å². The normalized spacial score (nSPS) is 11.1. The molecule has 31 heavy (non-hydrogen) atoms. The Morgan fingerprint density at radius 1 is 1.16 bits per heavy atom. The number of aromatic nitrogens is 1. The van der Waals surface area contributed by atoms with Crippen molar-refractivity contribution in [1.29, 1.82) is 0 Å². The van der Waals surface area contributed by atoms with E-state index in [0.29, 0.717) is 17.4 Å². The Morgan fingerprint density at radius 3 is 2.48 bits per heavy atom. The highest BCUT2D eigenvalue weighted by atomic mass is 32.1. The van der Waals surface area contributed by atoms with Gasteiger partial charge in [-0.1, -0.05) is 29.5 Å². The number of carbonyl (C=O) groups is 1. The molecule has 3 rings (SSSR count). The second-order valence-electron chi connectivity index (χ2n) is 7.56. The molecule has 0 atom stereocenters. The Labute approximate surface area is 185 Å². The molecule has 9 heteroatoms. The van der Waals surface area contributed by atoms with Gasteiger partial charge in [0.1, 0.15) is 11.3 Å². The Balaban J connectivity index is 1.90. The number of amides is 1. The quantitative estimate of drug-likeness (QED) is 0.367. The van der Waals surface area contributed by atoms with Crippen LogP contribution in [0.15, 0.2) is 36.4 Å². The molecule has 0 aliphatic heterocycles. The number of hydrogen-bond acceptors (Lipinski definition) is 7. The Kier molecular flexibility index (Phi) is 7.19. The Bertz CT molecular complexity index is 1080.